The van der Waals surface area contributed by atoms with Gasteiger partial charge in [-0.15, -0.1) is 0 Å². The molecular weight excluding hydrogens is 332 g/mol. The average molecular weight is 350 g/mol. The number of nitrogens with zero attached hydrogens (tertiary/aromatic N) is 3. The third kappa shape index (κ3) is 3.23. The molecule has 0 aliphatic carbocycles. The molecule has 0 unspecified atom stereocenters. The highest BCUT2D eigenvalue weighted by Crippen LogP contribution is 2.16. The van der Waals surface area contributed by atoms with Crippen molar-refractivity contribution in [2.45, 2.75) is 19.6 Å². The fourth-order valence-corrected chi connectivity index (χ4v) is 2.99. The SMILES string of the molecule is O=C(NCc1cn2c(n1)C(=O)N(Cc1ccccc1)CC2)c1ccco1. The molecule has 3 aromatic rings. The average Bonchev–Trinajstić information content (AvgIpc) is 3.33. The van der Waals surface area contributed by atoms with E-state index in [0.717, 1.165) is 5.56 Å². The summed E-state index contributed by atoms with van der Waals surface area (Å²) in [7, 11) is 0. The van der Waals surface area contributed by atoms with Crippen LogP contribution < -0.4 is 5.32 Å². The molecule has 0 saturated carbocycles. The number of carbonyl (C=O) groups excluding carboxylic acids is 2. The second-order valence-corrected chi connectivity index (χ2v) is 6.12. The Morgan fingerprint density at radius 1 is 1.15 bits per heavy atom. The van der Waals surface area contributed by atoms with Crippen molar-refractivity contribution in [3.8, 4) is 0 Å². The van der Waals surface area contributed by atoms with Gasteiger partial charge in [-0.1, -0.05) is 30.3 Å². The van der Waals surface area contributed by atoms with Gasteiger partial charge in [0.25, 0.3) is 11.8 Å². The van der Waals surface area contributed by atoms with Gasteiger partial charge in [0, 0.05) is 25.8 Å². The molecule has 1 aromatic carbocycles. The van der Waals surface area contributed by atoms with Crippen LogP contribution in [0.5, 0.6) is 0 Å². The van der Waals surface area contributed by atoms with Gasteiger partial charge in [-0.05, 0) is 17.7 Å². The molecule has 3 heterocycles. The van der Waals surface area contributed by atoms with Crippen LogP contribution in [0.3, 0.4) is 0 Å². The molecule has 132 valence electrons. The maximum Gasteiger partial charge on any atom is 0.290 e. The molecule has 1 N–H and O–H groups in total. The van der Waals surface area contributed by atoms with Crippen LogP contribution in [0.1, 0.15) is 32.4 Å². The molecule has 4 rings (SSSR count). The number of hydrogen-bond acceptors (Lipinski definition) is 4. The van der Waals surface area contributed by atoms with Gasteiger partial charge in [-0.25, -0.2) is 4.98 Å². The number of aromatic nitrogens is 2. The summed E-state index contributed by atoms with van der Waals surface area (Å²) in [4.78, 5) is 30.8. The van der Waals surface area contributed by atoms with Crippen molar-refractivity contribution in [3.63, 3.8) is 0 Å². The molecule has 0 fully saturated rings. The Hall–Kier alpha value is -3.35. The van der Waals surface area contributed by atoms with E-state index >= 15 is 0 Å². The maximum atomic E-state index is 12.7. The minimum Gasteiger partial charge on any atom is -0.459 e. The second kappa shape index (κ2) is 6.87. The molecule has 26 heavy (non-hydrogen) atoms. The van der Waals surface area contributed by atoms with Crippen molar-refractivity contribution >= 4 is 11.8 Å². The molecule has 7 nitrogen and oxygen atoms in total. The first kappa shape index (κ1) is 16.1. The normalized spacial score (nSPS) is 13.5. The lowest BCUT2D eigenvalue weighted by molar-refractivity contribution is 0.0683. The molecule has 0 saturated heterocycles. The largest absolute Gasteiger partial charge is 0.459 e. The summed E-state index contributed by atoms with van der Waals surface area (Å²) in [5.41, 5.74) is 1.74. The van der Waals surface area contributed by atoms with Gasteiger partial charge in [0.05, 0.1) is 18.5 Å². The van der Waals surface area contributed by atoms with Crippen molar-refractivity contribution in [1.82, 2.24) is 19.8 Å². The van der Waals surface area contributed by atoms with E-state index in [0.29, 0.717) is 31.2 Å². The van der Waals surface area contributed by atoms with Crippen LogP contribution in [0, 0.1) is 0 Å². The first-order valence-corrected chi connectivity index (χ1v) is 8.41. The van der Waals surface area contributed by atoms with Crippen LogP contribution >= 0.6 is 0 Å². The van der Waals surface area contributed by atoms with Crippen LogP contribution in [0.15, 0.2) is 59.3 Å². The number of carbonyl (C=O) groups is 2. The van der Waals surface area contributed by atoms with E-state index in [4.69, 9.17) is 4.42 Å². The molecule has 1 aliphatic heterocycles. The third-order valence-electron chi connectivity index (χ3n) is 4.31. The lowest BCUT2D eigenvalue weighted by atomic mass is 10.2. The molecule has 0 bridgehead atoms. The Morgan fingerprint density at radius 3 is 2.77 bits per heavy atom. The van der Waals surface area contributed by atoms with Gasteiger partial charge in [-0.3, -0.25) is 9.59 Å². The zero-order chi connectivity index (χ0) is 17.9. The fourth-order valence-electron chi connectivity index (χ4n) is 2.99. The number of benzene rings is 1. The first-order chi connectivity index (χ1) is 12.7. The first-order valence-electron chi connectivity index (χ1n) is 8.41. The van der Waals surface area contributed by atoms with Crippen LogP contribution in [-0.2, 0) is 19.6 Å². The zero-order valence-corrected chi connectivity index (χ0v) is 14.1. The number of hydrogen-bond donors (Lipinski definition) is 1. The minimum atomic E-state index is -0.307. The molecule has 1 aliphatic rings. The molecule has 0 radical (unpaired) electrons. The van der Waals surface area contributed by atoms with Crippen LogP contribution in [0.4, 0.5) is 0 Å². The van der Waals surface area contributed by atoms with Crippen LogP contribution in [-0.4, -0.2) is 32.8 Å². The van der Waals surface area contributed by atoms with E-state index in [1.54, 1.807) is 17.0 Å². The molecule has 2 aromatic heterocycles. The van der Waals surface area contributed by atoms with E-state index in [2.05, 4.69) is 10.3 Å². The predicted molar refractivity (Wildman–Crippen MR) is 93.3 cm³/mol. The highest BCUT2D eigenvalue weighted by Gasteiger charge is 2.27. The minimum absolute atomic E-state index is 0.0938. The molecule has 7 heteroatoms. The van der Waals surface area contributed by atoms with E-state index in [-0.39, 0.29) is 24.1 Å². The van der Waals surface area contributed by atoms with Gasteiger partial charge in [0.15, 0.2) is 11.6 Å². The summed E-state index contributed by atoms with van der Waals surface area (Å²) in [6, 6.07) is 13.1. The monoisotopic (exact) mass is 350 g/mol. The Morgan fingerprint density at radius 2 is 2.00 bits per heavy atom. The number of rotatable bonds is 5. The lowest BCUT2D eigenvalue weighted by Gasteiger charge is -2.27. The molecule has 0 spiro atoms. The second-order valence-electron chi connectivity index (χ2n) is 6.12. The Kier molecular flexibility index (Phi) is 4.27. The van der Waals surface area contributed by atoms with Crippen molar-refractivity contribution in [1.29, 1.82) is 0 Å². The van der Waals surface area contributed by atoms with Crippen molar-refractivity contribution in [2.24, 2.45) is 0 Å². The third-order valence-corrected chi connectivity index (χ3v) is 4.31. The Bertz CT molecular complexity index is 916. The Balaban J connectivity index is 1.43. The topological polar surface area (TPSA) is 80.4 Å². The van der Waals surface area contributed by atoms with Gasteiger partial charge < -0.3 is 19.2 Å². The number of amides is 2. The molecule has 2 amide bonds. The van der Waals surface area contributed by atoms with Crippen molar-refractivity contribution in [3.05, 3.63) is 77.8 Å². The maximum absolute atomic E-state index is 12.7. The number of imidazole rings is 1. The van der Waals surface area contributed by atoms with Gasteiger partial charge >= 0.3 is 0 Å². The summed E-state index contributed by atoms with van der Waals surface area (Å²) in [5.74, 6) is 0.259. The van der Waals surface area contributed by atoms with Gasteiger partial charge in [0.1, 0.15) is 0 Å². The van der Waals surface area contributed by atoms with Crippen molar-refractivity contribution < 1.29 is 14.0 Å². The smallest absolute Gasteiger partial charge is 0.290 e. The van der Waals surface area contributed by atoms with E-state index in [1.807, 2.05) is 41.1 Å². The van der Waals surface area contributed by atoms with E-state index in [1.165, 1.54) is 6.26 Å². The fraction of sp³-hybridized carbons (Fsp3) is 0.211. The lowest BCUT2D eigenvalue weighted by Crippen LogP contribution is -2.39. The highest BCUT2D eigenvalue weighted by molar-refractivity contribution is 5.92. The van der Waals surface area contributed by atoms with Crippen LogP contribution in [0.2, 0.25) is 0 Å². The summed E-state index contributed by atoms with van der Waals surface area (Å²) in [5, 5.41) is 2.74. The summed E-state index contributed by atoms with van der Waals surface area (Å²) < 4.78 is 6.90. The zero-order valence-electron chi connectivity index (χ0n) is 14.1. The number of furan rings is 1. The Labute approximate surface area is 150 Å². The predicted octanol–water partition coefficient (Wildman–Crippen LogP) is 2.06. The van der Waals surface area contributed by atoms with Gasteiger partial charge in [0.2, 0.25) is 0 Å². The van der Waals surface area contributed by atoms with Gasteiger partial charge in [-0.2, -0.15) is 0 Å². The van der Waals surface area contributed by atoms with E-state index < -0.39 is 0 Å². The summed E-state index contributed by atoms with van der Waals surface area (Å²) in [6.45, 7) is 2.13. The quantitative estimate of drug-likeness (QED) is 0.764. The molecule has 0 atom stereocenters. The highest BCUT2D eigenvalue weighted by atomic mass is 16.3. The molecular formula is C19H18N4O3. The number of nitrogens with one attached hydrogen (secondary N) is 1. The summed E-state index contributed by atoms with van der Waals surface area (Å²) in [6.07, 6.45) is 3.26. The summed E-state index contributed by atoms with van der Waals surface area (Å²) >= 11 is 0. The van der Waals surface area contributed by atoms with E-state index in [9.17, 15) is 9.59 Å². The van der Waals surface area contributed by atoms with Crippen LogP contribution in [0.25, 0.3) is 0 Å². The number of fused-ring (bicyclic) bond motifs is 1. The standard InChI is InChI=1S/C19H18N4O3/c24-18(16-7-4-10-26-16)20-11-15-13-22-8-9-23(19(25)17(22)21-15)12-14-5-2-1-3-6-14/h1-7,10,13H,8-9,11-12H2,(H,20,24). The van der Waals surface area contributed by atoms with Crippen molar-refractivity contribution in [2.75, 3.05) is 6.54 Å².